The van der Waals surface area contributed by atoms with Crippen molar-refractivity contribution in [3.05, 3.63) is 29.3 Å². The number of anilines is 1. The van der Waals surface area contributed by atoms with E-state index in [1.165, 1.54) is 4.31 Å². The maximum Gasteiger partial charge on any atom is 0.246 e. The quantitative estimate of drug-likeness (QED) is 0.813. The molecule has 1 heterocycles. The maximum atomic E-state index is 12.9. The summed E-state index contributed by atoms with van der Waals surface area (Å²) in [6.45, 7) is 3.22. The summed E-state index contributed by atoms with van der Waals surface area (Å²) >= 11 is 6.00. The van der Waals surface area contributed by atoms with Crippen LogP contribution in [0.4, 0.5) is 5.69 Å². The van der Waals surface area contributed by atoms with Gasteiger partial charge in [-0.25, -0.2) is 8.42 Å². The third-order valence-corrected chi connectivity index (χ3v) is 5.46. The molecule has 0 unspecified atom stereocenters. The van der Waals surface area contributed by atoms with Crippen LogP contribution in [0.25, 0.3) is 0 Å². The van der Waals surface area contributed by atoms with Crippen LogP contribution in [0, 0.1) is 0 Å². The Hall–Kier alpha value is -1.27. The zero-order chi connectivity index (χ0) is 17.0. The number of sulfonamides is 1. The van der Waals surface area contributed by atoms with Gasteiger partial charge in [0, 0.05) is 18.1 Å². The highest BCUT2D eigenvalue weighted by molar-refractivity contribution is 7.92. The lowest BCUT2D eigenvalue weighted by molar-refractivity contribution is -0.133. The van der Waals surface area contributed by atoms with Gasteiger partial charge >= 0.3 is 0 Å². The lowest BCUT2D eigenvalue weighted by atomic mass is 10.1. The van der Waals surface area contributed by atoms with Crippen molar-refractivity contribution in [3.63, 3.8) is 0 Å². The smallest absolute Gasteiger partial charge is 0.246 e. The van der Waals surface area contributed by atoms with Crippen LogP contribution >= 0.6 is 11.6 Å². The standard InChI is InChI=1S/C16H23ClN2O3S/c1-3-15(16(20)18-10-5-4-6-11-18)19(23(2,21)22)14-9-7-8-13(17)12-14/h7-9,12,15H,3-6,10-11H2,1-2H3/t15-/m1/s1. The van der Waals surface area contributed by atoms with Gasteiger partial charge in [0.1, 0.15) is 6.04 Å². The number of likely N-dealkylation sites (tertiary alicyclic amines) is 1. The third-order valence-electron chi connectivity index (χ3n) is 4.04. The van der Waals surface area contributed by atoms with Crippen molar-refractivity contribution in [3.8, 4) is 0 Å². The van der Waals surface area contributed by atoms with Crippen LogP contribution in [-0.2, 0) is 14.8 Å². The van der Waals surface area contributed by atoms with Crippen LogP contribution in [0.15, 0.2) is 24.3 Å². The molecule has 0 aliphatic carbocycles. The lowest BCUT2D eigenvalue weighted by Crippen LogP contribution is -2.51. The fraction of sp³-hybridized carbons (Fsp3) is 0.562. The number of benzene rings is 1. The summed E-state index contributed by atoms with van der Waals surface area (Å²) in [6, 6.07) is 5.88. The number of nitrogens with zero attached hydrogens (tertiary/aromatic N) is 2. The number of halogens is 1. The van der Waals surface area contributed by atoms with E-state index in [1.54, 1.807) is 29.2 Å². The molecule has 0 saturated carbocycles. The fourth-order valence-corrected chi connectivity index (χ4v) is 4.36. The van der Waals surface area contributed by atoms with Crippen LogP contribution < -0.4 is 4.31 Å². The molecule has 23 heavy (non-hydrogen) atoms. The van der Waals surface area contributed by atoms with E-state index in [1.807, 2.05) is 6.92 Å². The minimum atomic E-state index is -3.60. The molecule has 2 rings (SSSR count). The van der Waals surface area contributed by atoms with Crippen molar-refractivity contribution < 1.29 is 13.2 Å². The monoisotopic (exact) mass is 358 g/mol. The Bertz CT molecular complexity index is 657. The van der Waals surface area contributed by atoms with E-state index in [0.29, 0.717) is 30.2 Å². The molecule has 1 aromatic carbocycles. The average molecular weight is 359 g/mol. The predicted molar refractivity (Wildman–Crippen MR) is 93.3 cm³/mol. The Morgan fingerprint density at radius 2 is 1.96 bits per heavy atom. The van der Waals surface area contributed by atoms with E-state index in [9.17, 15) is 13.2 Å². The molecule has 0 spiro atoms. The first-order chi connectivity index (χ1) is 10.8. The molecule has 1 aromatic rings. The molecule has 1 fully saturated rings. The van der Waals surface area contributed by atoms with Gasteiger partial charge in [0.25, 0.3) is 0 Å². The first-order valence-corrected chi connectivity index (χ1v) is 10.1. The highest BCUT2D eigenvalue weighted by Gasteiger charge is 2.34. The van der Waals surface area contributed by atoms with E-state index in [4.69, 9.17) is 11.6 Å². The van der Waals surface area contributed by atoms with Gasteiger partial charge in [-0.3, -0.25) is 9.10 Å². The minimum Gasteiger partial charge on any atom is -0.341 e. The van der Waals surface area contributed by atoms with Gasteiger partial charge in [0.2, 0.25) is 15.9 Å². The minimum absolute atomic E-state index is 0.127. The Kier molecular flexibility index (Phi) is 5.92. The second-order valence-corrected chi connectivity index (χ2v) is 8.14. The van der Waals surface area contributed by atoms with Gasteiger partial charge in [-0.15, -0.1) is 0 Å². The van der Waals surface area contributed by atoms with Gasteiger partial charge in [-0.2, -0.15) is 0 Å². The van der Waals surface area contributed by atoms with E-state index in [-0.39, 0.29) is 5.91 Å². The highest BCUT2D eigenvalue weighted by Crippen LogP contribution is 2.26. The Morgan fingerprint density at radius 1 is 1.30 bits per heavy atom. The predicted octanol–water partition coefficient (Wildman–Crippen LogP) is 2.90. The number of piperidine rings is 1. The van der Waals surface area contributed by atoms with Gasteiger partial charge in [0.05, 0.1) is 11.9 Å². The van der Waals surface area contributed by atoms with Crippen molar-refractivity contribution >= 4 is 33.2 Å². The Labute approximate surface area is 143 Å². The molecular formula is C16H23ClN2O3S. The highest BCUT2D eigenvalue weighted by atomic mass is 35.5. The van der Waals surface area contributed by atoms with Crippen LogP contribution in [0.2, 0.25) is 5.02 Å². The Balaban J connectivity index is 2.38. The van der Waals surface area contributed by atoms with Gasteiger partial charge < -0.3 is 4.90 Å². The molecule has 1 aliphatic heterocycles. The first kappa shape index (κ1) is 18.1. The molecule has 1 aliphatic rings. The lowest BCUT2D eigenvalue weighted by Gasteiger charge is -2.35. The summed E-state index contributed by atoms with van der Waals surface area (Å²) in [5.74, 6) is -0.127. The normalized spacial score (nSPS) is 16.9. The van der Waals surface area contributed by atoms with Crippen LogP contribution in [-0.4, -0.2) is 44.6 Å². The van der Waals surface area contributed by atoms with Crippen molar-refractivity contribution in [2.75, 3.05) is 23.7 Å². The zero-order valence-electron chi connectivity index (χ0n) is 13.5. The summed E-state index contributed by atoms with van der Waals surface area (Å²) in [5.41, 5.74) is 0.428. The van der Waals surface area contributed by atoms with Crippen molar-refractivity contribution in [2.24, 2.45) is 0 Å². The second kappa shape index (κ2) is 7.53. The number of hydrogen-bond acceptors (Lipinski definition) is 3. The molecule has 1 atom stereocenters. The SMILES string of the molecule is CC[C@H](C(=O)N1CCCCC1)N(c1cccc(Cl)c1)S(C)(=O)=O. The first-order valence-electron chi connectivity index (χ1n) is 7.88. The largest absolute Gasteiger partial charge is 0.341 e. The average Bonchev–Trinajstić information content (AvgIpc) is 2.51. The van der Waals surface area contributed by atoms with Gasteiger partial charge in [-0.05, 0) is 43.9 Å². The number of rotatable bonds is 5. The molecule has 7 heteroatoms. The molecule has 1 amide bonds. The number of carbonyl (C=O) groups excluding carboxylic acids is 1. The number of amides is 1. The zero-order valence-corrected chi connectivity index (χ0v) is 15.1. The van der Waals surface area contributed by atoms with Crippen molar-refractivity contribution in [2.45, 2.75) is 38.6 Å². The van der Waals surface area contributed by atoms with Crippen molar-refractivity contribution in [1.29, 1.82) is 0 Å². The van der Waals surface area contributed by atoms with E-state index >= 15 is 0 Å². The summed E-state index contributed by atoms with van der Waals surface area (Å²) < 4.78 is 25.9. The molecule has 128 valence electrons. The summed E-state index contributed by atoms with van der Waals surface area (Å²) in [5, 5.41) is 0.441. The van der Waals surface area contributed by atoms with E-state index < -0.39 is 16.1 Å². The summed E-state index contributed by atoms with van der Waals surface area (Å²) in [7, 11) is -3.60. The molecule has 0 radical (unpaired) electrons. The van der Waals surface area contributed by atoms with Crippen LogP contribution in [0.5, 0.6) is 0 Å². The third kappa shape index (κ3) is 4.38. The van der Waals surface area contributed by atoms with E-state index in [2.05, 4.69) is 0 Å². The summed E-state index contributed by atoms with van der Waals surface area (Å²) in [4.78, 5) is 14.6. The van der Waals surface area contributed by atoms with E-state index in [0.717, 1.165) is 25.5 Å². The fourth-order valence-electron chi connectivity index (χ4n) is 2.98. The van der Waals surface area contributed by atoms with Crippen LogP contribution in [0.3, 0.4) is 0 Å². The summed E-state index contributed by atoms with van der Waals surface area (Å²) in [6.07, 6.45) is 4.59. The number of carbonyl (C=O) groups is 1. The molecule has 5 nitrogen and oxygen atoms in total. The second-order valence-electron chi connectivity index (χ2n) is 5.85. The molecule has 0 aromatic heterocycles. The maximum absolute atomic E-state index is 12.9. The molecular weight excluding hydrogens is 336 g/mol. The molecule has 1 saturated heterocycles. The van der Waals surface area contributed by atoms with Crippen LogP contribution in [0.1, 0.15) is 32.6 Å². The van der Waals surface area contributed by atoms with Gasteiger partial charge in [-0.1, -0.05) is 24.6 Å². The van der Waals surface area contributed by atoms with Gasteiger partial charge in [0.15, 0.2) is 0 Å². The molecule has 0 bridgehead atoms. The van der Waals surface area contributed by atoms with Crippen molar-refractivity contribution in [1.82, 2.24) is 4.90 Å². The topological polar surface area (TPSA) is 57.7 Å². The molecule has 0 N–H and O–H groups in total. The Morgan fingerprint density at radius 3 is 2.48 bits per heavy atom. The number of hydrogen-bond donors (Lipinski definition) is 0.